The first-order chi connectivity index (χ1) is 6.63. The summed E-state index contributed by atoms with van der Waals surface area (Å²) in [4.78, 5) is 14.9. The number of carbonyl (C=O) groups is 1. The van der Waals surface area contributed by atoms with Crippen LogP contribution in [0.25, 0.3) is 0 Å². The molecule has 0 amide bonds. The maximum absolute atomic E-state index is 12.6. The number of rotatable bonds is 3. The first-order valence-electron chi connectivity index (χ1n) is 4.09. The van der Waals surface area contributed by atoms with E-state index in [9.17, 15) is 9.18 Å². The lowest BCUT2D eigenvalue weighted by Gasteiger charge is -2.03. The van der Waals surface area contributed by atoms with Crippen LogP contribution in [0.5, 0.6) is 0 Å². The molecule has 0 bridgehead atoms. The summed E-state index contributed by atoms with van der Waals surface area (Å²) >= 11 is 1.94. The molecule has 1 heterocycles. The van der Waals surface area contributed by atoms with E-state index in [1.54, 1.807) is 6.92 Å². The Morgan fingerprint density at radius 3 is 3.00 bits per heavy atom. The van der Waals surface area contributed by atoms with Crippen molar-refractivity contribution >= 4 is 28.6 Å². The first kappa shape index (κ1) is 11.4. The highest BCUT2D eigenvalue weighted by Gasteiger charge is 2.09. The Hall–Kier alpha value is -0.720. The van der Waals surface area contributed by atoms with Gasteiger partial charge >= 0.3 is 5.97 Å². The van der Waals surface area contributed by atoms with Crippen molar-refractivity contribution in [1.82, 2.24) is 4.98 Å². The molecule has 0 aliphatic rings. The molecule has 0 N–H and O–H groups in total. The Balaban J connectivity index is 2.72. The third-order valence-corrected chi connectivity index (χ3v) is 2.44. The topological polar surface area (TPSA) is 39.2 Å². The van der Waals surface area contributed by atoms with Crippen LogP contribution in [0, 0.1) is 9.39 Å². The smallest absolute Gasteiger partial charge is 0.311 e. The highest BCUT2D eigenvalue weighted by Crippen LogP contribution is 2.11. The molecule has 0 fully saturated rings. The van der Waals surface area contributed by atoms with Crippen LogP contribution in [0.1, 0.15) is 12.6 Å². The quantitative estimate of drug-likeness (QED) is 0.633. The van der Waals surface area contributed by atoms with Crippen LogP contribution in [0.4, 0.5) is 4.39 Å². The molecule has 0 atom stereocenters. The van der Waals surface area contributed by atoms with Gasteiger partial charge in [-0.1, -0.05) is 0 Å². The van der Waals surface area contributed by atoms with Crippen LogP contribution < -0.4 is 0 Å². The van der Waals surface area contributed by atoms with E-state index in [1.165, 1.54) is 6.07 Å². The van der Waals surface area contributed by atoms with Crippen molar-refractivity contribution in [2.24, 2.45) is 0 Å². The Morgan fingerprint density at radius 2 is 2.43 bits per heavy atom. The van der Waals surface area contributed by atoms with Gasteiger partial charge in [0.2, 0.25) is 0 Å². The highest BCUT2D eigenvalue weighted by atomic mass is 127. The second-order valence-electron chi connectivity index (χ2n) is 2.56. The first-order valence-corrected chi connectivity index (χ1v) is 5.17. The SMILES string of the molecule is CCOC(=O)Cc1ncc(F)cc1I. The van der Waals surface area contributed by atoms with Crippen molar-refractivity contribution in [2.75, 3.05) is 6.61 Å². The largest absolute Gasteiger partial charge is 0.466 e. The highest BCUT2D eigenvalue weighted by molar-refractivity contribution is 14.1. The average molecular weight is 309 g/mol. The molecule has 76 valence electrons. The van der Waals surface area contributed by atoms with Crippen LogP contribution in [0.3, 0.4) is 0 Å². The minimum Gasteiger partial charge on any atom is -0.466 e. The fourth-order valence-electron chi connectivity index (χ4n) is 0.922. The molecule has 0 radical (unpaired) electrons. The van der Waals surface area contributed by atoms with Crippen LogP contribution in [0.15, 0.2) is 12.3 Å². The monoisotopic (exact) mass is 309 g/mol. The standard InChI is InChI=1S/C9H9FINO2/c1-2-14-9(13)4-8-7(11)3-6(10)5-12-8/h3,5H,2,4H2,1H3. The molecule has 0 saturated heterocycles. The van der Waals surface area contributed by atoms with E-state index in [0.717, 1.165) is 6.20 Å². The number of aromatic nitrogens is 1. The number of carbonyl (C=O) groups excluding carboxylic acids is 1. The third kappa shape index (κ3) is 3.21. The molecule has 1 aromatic rings. The van der Waals surface area contributed by atoms with Gasteiger partial charge in [-0.2, -0.15) is 0 Å². The van der Waals surface area contributed by atoms with E-state index < -0.39 is 5.82 Å². The lowest BCUT2D eigenvalue weighted by molar-refractivity contribution is -0.142. The van der Waals surface area contributed by atoms with Crippen LogP contribution >= 0.6 is 22.6 Å². The molecule has 3 nitrogen and oxygen atoms in total. The van der Waals surface area contributed by atoms with Crippen LogP contribution in [0.2, 0.25) is 0 Å². The van der Waals surface area contributed by atoms with Crippen molar-refractivity contribution in [3.63, 3.8) is 0 Å². The molecule has 0 saturated carbocycles. The molecule has 1 aromatic heterocycles. The Labute approximate surface area is 94.8 Å². The summed E-state index contributed by atoms with van der Waals surface area (Å²) in [6.07, 6.45) is 1.18. The number of nitrogens with zero attached hydrogens (tertiary/aromatic N) is 1. The maximum atomic E-state index is 12.6. The van der Waals surface area contributed by atoms with Gasteiger partial charge in [-0.05, 0) is 35.6 Å². The average Bonchev–Trinajstić information content (AvgIpc) is 2.10. The number of pyridine rings is 1. The number of ether oxygens (including phenoxy) is 1. The van der Waals surface area contributed by atoms with Gasteiger partial charge < -0.3 is 4.74 Å². The zero-order valence-electron chi connectivity index (χ0n) is 7.59. The lowest BCUT2D eigenvalue weighted by Crippen LogP contribution is -2.10. The second-order valence-corrected chi connectivity index (χ2v) is 3.73. The molecule has 0 aliphatic carbocycles. The normalized spacial score (nSPS) is 9.93. The van der Waals surface area contributed by atoms with Gasteiger partial charge in [-0.3, -0.25) is 9.78 Å². The summed E-state index contributed by atoms with van der Waals surface area (Å²) in [6, 6.07) is 1.34. The Bertz CT molecular complexity index is 344. The maximum Gasteiger partial charge on any atom is 0.311 e. The van der Waals surface area contributed by atoms with Gasteiger partial charge in [0.05, 0.1) is 24.9 Å². The van der Waals surface area contributed by atoms with Crippen molar-refractivity contribution in [3.05, 3.63) is 27.3 Å². The van der Waals surface area contributed by atoms with E-state index in [1.807, 2.05) is 22.6 Å². The molecule has 0 unspecified atom stereocenters. The van der Waals surface area contributed by atoms with Gasteiger partial charge in [0.25, 0.3) is 0 Å². The van der Waals surface area contributed by atoms with Crippen LogP contribution in [-0.2, 0) is 16.0 Å². The zero-order valence-corrected chi connectivity index (χ0v) is 9.75. The van der Waals surface area contributed by atoms with Crippen molar-refractivity contribution < 1.29 is 13.9 Å². The van der Waals surface area contributed by atoms with Crippen molar-refractivity contribution in [2.45, 2.75) is 13.3 Å². The molecule has 1 rings (SSSR count). The molecule has 0 aliphatic heterocycles. The summed E-state index contributed by atoms with van der Waals surface area (Å²) in [5.74, 6) is -0.744. The van der Waals surface area contributed by atoms with E-state index in [0.29, 0.717) is 15.9 Å². The van der Waals surface area contributed by atoms with Gasteiger partial charge in [0.15, 0.2) is 0 Å². The molecular formula is C9H9FINO2. The van der Waals surface area contributed by atoms with Gasteiger partial charge in [-0.25, -0.2) is 4.39 Å². The van der Waals surface area contributed by atoms with E-state index in [-0.39, 0.29) is 12.4 Å². The Morgan fingerprint density at radius 1 is 1.71 bits per heavy atom. The Kier molecular flexibility index (Phi) is 4.24. The number of hydrogen-bond donors (Lipinski definition) is 0. The summed E-state index contributed by atoms with van der Waals surface area (Å²) in [5, 5.41) is 0. The molecular weight excluding hydrogens is 300 g/mol. The van der Waals surface area contributed by atoms with Gasteiger partial charge in [0, 0.05) is 3.57 Å². The number of hydrogen-bond acceptors (Lipinski definition) is 3. The van der Waals surface area contributed by atoms with E-state index in [2.05, 4.69) is 4.98 Å². The fourth-order valence-corrected chi connectivity index (χ4v) is 1.55. The fraction of sp³-hybridized carbons (Fsp3) is 0.333. The number of esters is 1. The van der Waals surface area contributed by atoms with Crippen molar-refractivity contribution in [1.29, 1.82) is 0 Å². The van der Waals surface area contributed by atoms with Crippen LogP contribution in [-0.4, -0.2) is 17.6 Å². The third-order valence-electron chi connectivity index (χ3n) is 1.50. The number of halogens is 2. The predicted molar refractivity (Wildman–Crippen MR) is 57.2 cm³/mol. The van der Waals surface area contributed by atoms with E-state index >= 15 is 0 Å². The lowest BCUT2D eigenvalue weighted by atomic mass is 10.3. The summed E-state index contributed by atoms with van der Waals surface area (Å²) in [6.45, 7) is 2.08. The molecule has 5 heteroatoms. The summed E-state index contributed by atoms with van der Waals surface area (Å²) in [7, 11) is 0. The van der Waals surface area contributed by atoms with Crippen molar-refractivity contribution in [3.8, 4) is 0 Å². The summed E-state index contributed by atoms with van der Waals surface area (Å²) in [5.41, 5.74) is 0.547. The molecule has 14 heavy (non-hydrogen) atoms. The van der Waals surface area contributed by atoms with Gasteiger partial charge in [-0.15, -0.1) is 0 Å². The molecule has 0 aromatic carbocycles. The minimum absolute atomic E-state index is 0.0897. The van der Waals surface area contributed by atoms with E-state index in [4.69, 9.17) is 4.74 Å². The summed E-state index contributed by atoms with van der Waals surface area (Å²) < 4.78 is 18.0. The minimum atomic E-state index is -0.401. The molecule has 0 spiro atoms. The van der Waals surface area contributed by atoms with Gasteiger partial charge in [0.1, 0.15) is 5.82 Å². The second kappa shape index (κ2) is 5.23. The predicted octanol–water partition coefficient (Wildman–Crippen LogP) is 1.93. The zero-order chi connectivity index (χ0) is 10.6.